The number of benzene rings is 1. The quantitative estimate of drug-likeness (QED) is 0.186. The van der Waals surface area contributed by atoms with Gasteiger partial charge in [0.2, 0.25) is 6.57 Å². The second kappa shape index (κ2) is 12.2. The molecule has 0 spiro atoms. The molecular weight excluding hydrogens is 381 g/mol. The van der Waals surface area contributed by atoms with Crippen LogP contribution in [-0.2, 0) is 21.3 Å². The van der Waals surface area contributed by atoms with E-state index < -0.39 is 6.57 Å². The summed E-state index contributed by atoms with van der Waals surface area (Å²) < 4.78 is 6.47. The van der Waals surface area contributed by atoms with E-state index >= 15 is 0 Å². The van der Waals surface area contributed by atoms with Crippen LogP contribution < -0.4 is 5.09 Å². The average molecular weight is 414 g/mol. The number of hydrogen-bond acceptors (Lipinski definition) is 4. The SMILES string of the molecule is CC[C@H](C)C(=Nc1ccccc1)N(CC)P(O)(=S)NCCCCC(=O)OC. The van der Waals surface area contributed by atoms with E-state index in [1.807, 2.05) is 41.9 Å². The predicted molar refractivity (Wildman–Crippen MR) is 116 cm³/mol. The number of rotatable bonds is 11. The van der Waals surface area contributed by atoms with Gasteiger partial charge in [-0.3, -0.25) is 14.6 Å². The van der Waals surface area contributed by atoms with E-state index in [0.717, 1.165) is 24.4 Å². The summed E-state index contributed by atoms with van der Waals surface area (Å²) in [5.74, 6) is 0.752. The van der Waals surface area contributed by atoms with Crippen molar-refractivity contribution in [1.29, 1.82) is 0 Å². The Bertz CT molecular complexity index is 655. The fraction of sp³-hybridized carbons (Fsp3) is 0.579. The number of ether oxygens (including phenoxy) is 1. The minimum atomic E-state index is -2.96. The van der Waals surface area contributed by atoms with E-state index in [2.05, 4.69) is 23.7 Å². The summed E-state index contributed by atoms with van der Waals surface area (Å²) in [6.45, 7) is 4.31. The van der Waals surface area contributed by atoms with Gasteiger partial charge in [-0.15, -0.1) is 0 Å². The first kappa shape index (κ1) is 23.8. The molecule has 0 aromatic heterocycles. The van der Waals surface area contributed by atoms with Crippen LogP contribution in [0.4, 0.5) is 5.69 Å². The normalized spacial score (nSPS) is 15.1. The molecule has 8 heteroatoms. The van der Waals surface area contributed by atoms with Crippen LogP contribution in [0.2, 0.25) is 0 Å². The Kier molecular flexibility index (Phi) is 10.8. The van der Waals surface area contributed by atoms with Crippen molar-refractivity contribution in [1.82, 2.24) is 9.76 Å². The molecular formula is C19H32N3O3PS. The molecule has 6 nitrogen and oxygen atoms in total. The first-order valence-electron chi connectivity index (χ1n) is 9.42. The highest BCUT2D eigenvalue weighted by Gasteiger charge is 2.27. The number of nitrogens with zero attached hydrogens (tertiary/aromatic N) is 2. The number of unbranched alkanes of at least 4 members (excludes halogenated alkanes) is 1. The number of carbonyl (C=O) groups is 1. The third-order valence-corrected chi connectivity index (χ3v) is 7.05. The summed E-state index contributed by atoms with van der Waals surface area (Å²) in [6, 6.07) is 9.72. The van der Waals surface area contributed by atoms with Crippen molar-refractivity contribution in [2.45, 2.75) is 46.5 Å². The van der Waals surface area contributed by atoms with E-state index in [1.54, 1.807) is 0 Å². The molecule has 1 rings (SSSR count). The number of carbonyl (C=O) groups excluding carboxylic acids is 1. The summed E-state index contributed by atoms with van der Waals surface area (Å²) in [5.41, 5.74) is 0.847. The molecule has 0 heterocycles. The number of nitrogens with one attached hydrogen (secondary N) is 1. The molecule has 0 amide bonds. The number of amidine groups is 1. The maximum atomic E-state index is 11.2. The van der Waals surface area contributed by atoms with E-state index in [0.29, 0.717) is 25.9 Å². The van der Waals surface area contributed by atoms with Crippen molar-refractivity contribution in [2.75, 3.05) is 20.2 Å². The summed E-state index contributed by atoms with van der Waals surface area (Å²) in [7, 11) is 1.38. The summed E-state index contributed by atoms with van der Waals surface area (Å²) in [4.78, 5) is 26.9. The topological polar surface area (TPSA) is 74.2 Å². The third kappa shape index (κ3) is 8.09. The van der Waals surface area contributed by atoms with Crippen molar-refractivity contribution in [3.05, 3.63) is 30.3 Å². The van der Waals surface area contributed by atoms with Crippen LogP contribution in [0.1, 0.15) is 46.5 Å². The van der Waals surface area contributed by atoms with E-state index in [9.17, 15) is 9.69 Å². The largest absolute Gasteiger partial charge is 0.469 e. The number of methoxy groups -OCH3 is 1. The Morgan fingerprint density at radius 1 is 1.33 bits per heavy atom. The van der Waals surface area contributed by atoms with Crippen LogP contribution >= 0.6 is 6.57 Å². The van der Waals surface area contributed by atoms with Crippen molar-refractivity contribution < 1.29 is 14.4 Å². The first-order valence-corrected chi connectivity index (χ1v) is 12.1. The van der Waals surface area contributed by atoms with Gasteiger partial charge in [-0.2, -0.15) is 0 Å². The Morgan fingerprint density at radius 3 is 2.56 bits per heavy atom. The molecule has 0 bridgehead atoms. The monoisotopic (exact) mass is 413 g/mol. The highest BCUT2D eigenvalue weighted by atomic mass is 32.4. The van der Waals surface area contributed by atoms with Crippen molar-refractivity contribution in [2.24, 2.45) is 10.9 Å². The van der Waals surface area contributed by atoms with Gasteiger partial charge in [0.25, 0.3) is 0 Å². The van der Waals surface area contributed by atoms with E-state index in [-0.39, 0.29) is 11.9 Å². The maximum absolute atomic E-state index is 11.2. The number of hydrogen-bond donors (Lipinski definition) is 2. The summed E-state index contributed by atoms with van der Waals surface area (Å²) in [5, 5.41) is 3.12. The number of esters is 1. The minimum Gasteiger partial charge on any atom is -0.469 e. The Morgan fingerprint density at radius 2 is 2.00 bits per heavy atom. The van der Waals surface area contributed by atoms with Crippen LogP contribution in [0.5, 0.6) is 0 Å². The molecule has 1 aromatic rings. The molecule has 0 fully saturated rings. The zero-order valence-corrected chi connectivity index (χ0v) is 18.4. The summed E-state index contributed by atoms with van der Waals surface area (Å²) in [6.07, 6.45) is 2.70. The van der Waals surface area contributed by atoms with E-state index in [1.165, 1.54) is 7.11 Å². The van der Waals surface area contributed by atoms with Gasteiger partial charge in [-0.05, 0) is 50.1 Å². The van der Waals surface area contributed by atoms with Crippen LogP contribution in [-0.4, -0.2) is 41.6 Å². The molecule has 27 heavy (non-hydrogen) atoms. The molecule has 0 saturated carbocycles. The van der Waals surface area contributed by atoms with Gasteiger partial charge in [0, 0.05) is 25.4 Å². The van der Waals surface area contributed by atoms with Crippen LogP contribution in [0, 0.1) is 5.92 Å². The highest BCUT2D eigenvalue weighted by molar-refractivity contribution is 8.09. The molecule has 0 radical (unpaired) electrons. The highest BCUT2D eigenvalue weighted by Crippen LogP contribution is 2.42. The van der Waals surface area contributed by atoms with Gasteiger partial charge >= 0.3 is 5.97 Å². The zero-order chi connectivity index (χ0) is 20.3. The van der Waals surface area contributed by atoms with Gasteiger partial charge in [0.15, 0.2) is 0 Å². The van der Waals surface area contributed by atoms with Crippen molar-refractivity contribution >= 4 is 35.9 Å². The van der Waals surface area contributed by atoms with Gasteiger partial charge < -0.3 is 9.63 Å². The first-order chi connectivity index (χ1) is 12.9. The molecule has 0 aliphatic heterocycles. The molecule has 1 aromatic carbocycles. The Balaban J connectivity index is 2.86. The fourth-order valence-electron chi connectivity index (χ4n) is 2.54. The summed E-state index contributed by atoms with van der Waals surface area (Å²) >= 11 is 5.56. The maximum Gasteiger partial charge on any atom is 0.305 e. The second-order valence-electron chi connectivity index (χ2n) is 6.32. The molecule has 2 atom stereocenters. The average Bonchev–Trinajstić information content (AvgIpc) is 2.67. The molecule has 152 valence electrons. The lowest BCUT2D eigenvalue weighted by atomic mass is 10.1. The lowest BCUT2D eigenvalue weighted by molar-refractivity contribution is -0.140. The smallest absolute Gasteiger partial charge is 0.305 e. The second-order valence-corrected chi connectivity index (χ2v) is 9.73. The predicted octanol–water partition coefficient (Wildman–Crippen LogP) is 4.23. The molecule has 0 aliphatic carbocycles. The Hall–Kier alpha value is -1.27. The number of para-hydroxylation sites is 1. The molecule has 0 saturated heterocycles. The molecule has 2 N–H and O–H groups in total. The number of aliphatic imine (C=N–C) groups is 1. The fourth-order valence-corrected chi connectivity index (χ4v) is 4.93. The van der Waals surface area contributed by atoms with Gasteiger partial charge in [-0.1, -0.05) is 32.0 Å². The molecule has 1 unspecified atom stereocenters. The van der Waals surface area contributed by atoms with Crippen LogP contribution in [0.15, 0.2) is 35.3 Å². The van der Waals surface area contributed by atoms with E-state index in [4.69, 9.17) is 16.8 Å². The van der Waals surface area contributed by atoms with Crippen LogP contribution in [0.25, 0.3) is 0 Å². The van der Waals surface area contributed by atoms with Gasteiger partial charge in [-0.25, -0.2) is 4.99 Å². The van der Waals surface area contributed by atoms with Crippen LogP contribution in [0.3, 0.4) is 0 Å². The standard InChI is InChI=1S/C19H32N3O3PS/c1-5-16(3)19(21-17-12-8-7-9-13-17)22(6-2)26(24,27)20-15-11-10-14-18(23)25-4/h7-9,12-13,16H,5-6,10-11,14-15H2,1-4H3,(H2,20,24,27)/t16-,26?/m0/s1. The minimum absolute atomic E-state index is 0.167. The van der Waals surface area contributed by atoms with Gasteiger partial charge in [0.1, 0.15) is 5.84 Å². The van der Waals surface area contributed by atoms with Crippen molar-refractivity contribution in [3.8, 4) is 0 Å². The Labute approximate surface area is 168 Å². The van der Waals surface area contributed by atoms with Crippen molar-refractivity contribution in [3.63, 3.8) is 0 Å². The lowest BCUT2D eigenvalue weighted by Gasteiger charge is -2.35. The third-order valence-electron chi connectivity index (χ3n) is 4.30. The zero-order valence-electron chi connectivity index (χ0n) is 16.7. The lowest BCUT2D eigenvalue weighted by Crippen LogP contribution is -2.36. The van der Waals surface area contributed by atoms with Gasteiger partial charge in [0.05, 0.1) is 12.8 Å². The molecule has 0 aliphatic rings.